The summed E-state index contributed by atoms with van der Waals surface area (Å²) in [6, 6.07) is 0.141. The van der Waals surface area contributed by atoms with E-state index in [1.165, 1.54) is 0 Å². The summed E-state index contributed by atoms with van der Waals surface area (Å²) in [5, 5.41) is 9.64. The van der Waals surface area contributed by atoms with Crippen molar-refractivity contribution in [2.24, 2.45) is 0 Å². The predicted molar refractivity (Wildman–Crippen MR) is 79.8 cm³/mol. The van der Waals surface area contributed by atoms with Crippen LogP contribution in [0.1, 0.15) is 36.2 Å². The Morgan fingerprint density at radius 1 is 1.32 bits per heavy atom. The van der Waals surface area contributed by atoms with Crippen LogP contribution in [0.25, 0.3) is 0 Å². The van der Waals surface area contributed by atoms with E-state index in [4.69, 9.17) is 0 Å². The number of anilines is 2. The van der Waals surface area contributed by atoms with Gasteiger partial charge in [-0.2, -0.15) is 4.98 Å². The number of aromatic nitrogens is 3. The third-order valence-electron chi connectivity index (χ3n) is 2.67. The molecule has 0 fully saturated rings. The fraction of sp³-hybridized carbons (Fsp3) is 0.462. The number of nitrogens with zero attached hydrogens (tertiary/aromatic N) is 3. The summed E-state index contributed by atoms with van der Waals surface area (Å²) in [4.78, 5) is 13.2. The highest BCUT2D eigenvalue weighted by atomic mass is 32.1. The van der Waals surface area contributed by atoms with E-state index in [9.17, 15) is 0 Å². The lowest BCUT2D eigenvalue weighted by Gasteiger charge is -2.14. The van der Waals surface area contributed by atoms with E-state index in [1.54, 1.807) is 11.3 Å². The molecule has 19 heavy (non-hydrogen) atoms. The van der Waals surface area contributed by atoms with Gasteiger partial charge < -0.3 is 10.6 Å². The maximum absolute atomic E-state index is 4.49. The van der Waals surface area contributed by atoms with Crippen molar-refractivity contribution < 1.29 is 0 Å². The summed E-state index contributed by atoms with van der Waals surface area (Å²) < 4.78 is 0. The van der Waals surface area contributed by atoms with Crippen LogP contribution in [0.15, 0.2) is 11.6 Å². The number of hydrogen-bond acceptors (Lipinski definition) is 6. The Morgan fingerprint density at radius 3 is 2.74 bits per heavy atom. The third-order valence-corrected chi connectivity index (χ3v) is 3.81. The van der Waals surface area contributed by atoms with Gasteiger partial charge in [0.1, 0.15) is 10.8 Å². The molecule has 5 nitrogen and oxygen atoms in total. The molecule has 1 unspecified atom stereocenters. The van der Waals surface area contributed by atoms with Gasteiger partial charge in [-0.25, -0.2) is 9.97 Å². The van der Waals surface area contributed by atoms with E-state index in [0.717, 1.165) is 28.6 Å². The SMILES string of the molecule is CCNc1ncc(C)c(NC(C)c2nc(C)cs2)n1. The van der Waals surface area contributed by atoms with Crippen molar-refractivity contribution in [2.45, 2.75) is 33.7 Å². The molecular weight excluding hydrogens is 258 g/mol. The van der Waals surface area contributed by atoms with Gasteiger partial charge in [0, 0.05) is 29.4 Å². The molecule has 6 heteroatoms. The van der Waals surface area contributed by atoms with E-state index in [1.807, 2.05) is 27.0 Å². The highest BCUT2D eigenvalue weighted by Gasteiger charge is 2.12. The Balaban J connectivity index is 2.15. The molecule has 0 bridgehead atoms. The molecule has 102 valence electrons. The van der Waals surface area contributed by atoms with Crippen LogP contribution < -0.4 is 10.6 Å². The van der Waals surface area contributed by atoms with E-state index in [2.05, 4.69) is 37.9 Å². The second kappa shape index (κ2) is 5.97. The van der Waals surface area contributed by atoms with Gasteiger partial charge in [0.05, 0.1) is 6.04 Å². The fourth-order valence-corrected chi connectivity index (χ4v) is 2.47. The molecule has 0 aliphatic rings. The third kappa shape index (κ3) is 3.41. The maximum atomic E-state index is 4.49. The van der Waals surface area contributed by atoms with E-state index in [-0.39, 0.29) is 6.04 Å². The first-order chi connectivity index (χ1) is 9.10. The second-order valence-electron chi connectivity index (χ2n) is 4.45. The Hall–Kier alpha value is -1.69. The van der Waals surface area contributed by atoms with Crippen molar-refractivity contribution >= 4 is 23.1 Å². The molecule has 0 spiro atoms. The molecule has 1 atom stereocenters. The largest absolute Gasteiger partial charge is 0.361 e. The lowest BCUT2D eigenvalue weighted by Crippen LogP contribution is -2.11. The molecule has 0 radical (unpaired) electrons. The first-order valence-corrected chi connectivity index (χ1v) is 7.24. The summed E-state index contributed by atoms with van der Waals surface area (Å²) in [6.45, 7) is 8.93. The quantitative estimate of drug-likeness (QED) is 0.879. The van der Waals surface area contributed by atoms with Crippen molar-refractivity contribution in [1.29, 1.82) is 0 Å². The minimum atomic E-state index is 0.141. The second-order valence-corrected chi connectivity index (χ2v) is 5.34. The number of thiazole rings is 1. The van der Waals surface area contributed by atoms with Crippen LogP contribution in [0.3, 0.4) is 0 Å². The van der Waals surface area contributed by atoms with E-state index < -0.39 is 0 Å². The normalized spacial score (nSPS) is 12.2. The van der Waals surface area contributed by atoms with Gasteiger partial charge in [-0.05, 0) is 27.7 Å². The molecule has 2 rings (SSSR count). The molecule has 2 aromatic heterocycles. The molecular formula is C13H19N5S. The van der Waals surface area contributed by atoms with Crippen LogP contribution in [0.4, 0.5) is 11.8 Å². The van der Waals surface area contributed by atoms with Crippen molar-refractivity contribution in [1.82, 2.24) is 15.0 Å². The monoisotopic (exact) mass is 277 g/mol. The smallest absolute Gasteiger partial charge is 0.224 e. The molecule has 0 aliphatic carbocycles. The minimum Gasteiger partial charge on any atom is -0.361 e. The Morgan fingerprint density at radius 2 is 2.11 bits per heavy atom. The van der Waals surface area contributed by atoms with Crippen molar-refractivity contribution in [3.05, 3.63) is 27.8 Å². The standard InChI is InChI=1S/C13H19N5S/c1-5-14-13-15-6-8(2)11(18-13)17-10(4)12-16-9(3)7-19-12/h6-7,10H,5H2,1-4H3,(H2,14,15,17,18). The van der Waals surface area contributed by atoms with Crippen molar-refractivity contribution in [2.75, 3.05) is 17.2 Å². The Bertz CT molecular complexity index is 552. The molecule has 0 aromatic carbocycles. The fourth-order valence-electron chi connectivity index (χ4n) is 1.67. The van der Waals surface area contributed by atoms with Gasteiger partial charge in [0.15, 0.2) is 0 Å². The van der Waals surface area contributed by atoms with E-state index >= 15 is 0 Å². The molecule has 0 saturated heterocycles. The lowest BCUT2D eigenvalue weighted by atomic mass is 10.3. The number of aryl methyl sites for hydroxylation is 2. The van der Waals surface area contributed by atoms with Gasteiger partial charge in [-0.1, -0.05) is 0 Å². The Kier molecular flexibility index (Phi) is 4.31. The first-order valence-electron chi connectivity index (χ1n) is 6.36. The average molecular weight is 277 g/mol. The predicted octanol–water partition coefficient (Wildman–Crippen LogP) is 3.15. The van der Waals surface area contributed by atoms with E-state index in [0.29, 0.717) is 5.95 Å². The number of rotatable bonds is 5. The minimum absolute atomic E-state index is 0.141. The average Bonchev–Trinajstić information content (AvgIpc) is 2.80. The van der Waals surface area contributed by atoms with Crippen LogP contribution >= 0.6 is 11.3 Å². The van der Waals surface area contributed by atoms with Gasteiger partial charge in [-0.15, -0.1) is 11.3 Å². The van der Waals surface area contributed by atoms with Crippen LogP contribution in [0, 0.1) is 13.8 Å². The zero-order chi connectivity index (χ0) is 13.8. The zero-order valence-corrected chi connectivity index (χ0v) is 12.5. The molecule has 0 aliphatic heterocycles. The molecule has 2 aromatic rings. The number of hydrogen-bond donors (Lipinski definition) is 2. The van der Waals surface area contributed by atoms with Gasteiger partial charge in [0.2, 0.25) is 5.95 Å². The van der Waals surface area contributed by atoms with Crippen LogP contribution in [-0.4, -0.2) is 21.5 Å². The highest BCUT2D eigenvalue weighted by molar-refractivity contribution is 7.09. The Labute approximate surface area is 117 Å². The highest BCUT2D eigenvalue weighted by Crippen LogP contribution is 2.23. The summed E-state index contributed by atoms with van der Waals surface area (Å²) in [5.41, 5.74) is 2.09. The van der Waals surface area contributed by atoms with Crippen LogP contribution in [0.5, 0.6) is 0 Å². The summed E-state index contributed by atoms with van der Waals surface area (Å²) in [7, 11) is 0. The summed E-state index contributed by atoms with van der Waals surface area (Å²) in [6.07, 6.45) is 1.83. The van der Waals surface area contributed by atoms with Crippen molar-refractivity contribution in [3.8, 4) is 0 Å². The van der Waals surface area contributed by atoms with Crippen LogP contribution in [-0.2, 0) is 0 Å². The van der Waals surface area contributed by atoms with Gasteiger partial charge in [0.25, 0.3) is 0 Å². The molecule has 2 heterocycles. The first kappa shape index (κ1) is 13.7. The maximum Gasteiger partial charge on any atom is 0.224 e. The van der Waals surface area contributed by atoms with Gasteiger partial charge >= 0.3 is 0 Å². The summed E-state index contributed by atoms with van der Waals surface area (Å²) in [5.74, 6) is 1.50. The zero-order valence-electron chi connectivity index (χ0n) is 11.7. The molecule has 2 N–H and O–H groups in total. The van der Waals surface area contributed by atoms with Gasteiger partial charge in [-0.3, -0.25) is 0 Å². The van der Waals surface area contributed by atoms with Crippen molar-refractivity contribution in [3.63, 3.8) is 0 Å². The molecule has 0 saturated carbocycles. The molecule has 0 amide bonds. The summed E-state index contributed by atoms with van der Waals surface area (Å²) >= 11 is 1.66. The lowest BCUT2D eigenvalue weighted by molar-refractivity contribution is 0.850. The topological polar surface area (TPSA) is 62.7 Å². The number of nitrogens with one attached hydrogen (secondary N) is 2. The van der Waals surface area contributed by atoms with Crippen LogP contribution in [0.2, 0.25) is 0 Å².